The Hall–Kier alpha value is -0.940. The molecule has 2 rings (SSSR count). The number of hydrogen-bond acceptors (Lipinski definition) is 4. The molecule has 0 aromatic carbocycles. The first kappa shape index (κ1) is 11.5. The summed E-state index contributed by atoms with van der Waals surface area (Å²) in [6.07, 6.45) is 2.87. The molecule has 2 heterocycles. The van der Waals surface area contributed by atoms with Crippen molar-refractivity contribution in [2.75, 3.05) is 27.2 Å². The highest BCUT2D eigenvalue weighted by atomic mass is 16.3. The minimum Gasteiger partial charge on any atom is -0.396 e. The van der Waals surface area contributed by atoms with E-state index >= 15 is 0 Å². The van der Waals surface area contributed by atoms with Gasteiger partial charge >= 0.3 is 0 Å². The van der Waals surface area contributed by atoms with Gasteiger partial charge < -0.3 is 10.0 Å². The van der Waals surface area contributed by atoms with Gasteiger partial charge in [0, 0.05) is 38.5 Å². The Morgan fingerprint density at radius 1 is 1.50 bits per heavy atom. The van der Waals surface area contributed by atoms with Crippen molar-refractivity contribution in [2.24, 2.45) is 5.92 Å². The van der Waals surface area contributed by atoms with E-state index in [2.05, 4.69) is 29.1 Å². The first-order valence-corrected chi connectivity index (χ1v) is 5.87. The summed E-state index contributed by atoms with van der Waals surface area (Å²) in [4.78, 5) is 6.67. The fraction of sp³-hybridized carbons (Fsp3) is 0.818. The van der Waals surface area contributed by atoms with Crippen LogP contribution in [-0.4, -0.2) is 52.0 Å². The van der Waals surface area contributed by atoms with Crippen LogP contribution in [0.1, 0.15) is 18.1 Å². The lowest BCUT2D eigenvalue weighted by atomic mass is 10.0. The zero-order valence-electron chi connectivity index (χ0n) is 10.1. The van der Waals surface area contributed by atoms with Crippen LogP contribution in [0.15, 0.2) is 0 Å². The lowest BCUT2D eigenvalue weighted by Crippen LogP contribution is -2.23. The maximum Gasteiger partial charge on any atom is 0.152 e. The highest BCUT2D eigenvalue weighted by Crippen LogP contribution is 2.17. The van der Waals surface area contributed by atoms with Crippen molar-refractivity contribution < 1.29 is 5.11 Å². The molecule has 1 aromatic rings. The van der Waals surface area contributed by atoms with Gasteiger partial charge in [0.15, 0.2) is 5.82 Å². The van der Waals surface area contributed by atoms with Crippen molar-refractivity contribution in [3.05, 3.63) is 11.6 Å². The number of aromatic nitrogens is 3. The van der Waals surface area contributed by atoms with Gasteiger partial charge in [0.1, 0.15) is 5.82 Å². The SMILES string of the molecule is CN(C)CCc1nc2n(n1)CC(CO)CC2. The van der Waals surface area contributed by atoms with E-state index in [4.69, 9.17) is 5.11 Å². The molecule has 1 aromatic heterocycles. The molecule has 16 heavy (non-hydrogen) atoms. The Morgan fingerprint density at radius 2 is 2.31 bits per heavy atom. The summed E-state index contributed by atoms with van der Waals surface area (Å²) >= 11 is 0. The van der Waals surface area contributed by atoms with E-state index in [0.29, 0.717) is 5.92 Å². The smallest absolute Gasteiger partial charge is 0.152 e. The van der Waals surface area contributed by atoms with Gasteiger partial charge in [0.05, 0.1) is 0 Å². The van der Waals surface area contributed by atoms with Crippen LogP contribution in [0.4, 0.5) is 0 Å². The van der Waals surface area contributed by atoms with E-state index in [0.717, 1.165) is 44.0 Å². The van der Waals surface area contributed by atoms with E-state index in [1.165, 1.54) is 0 Å². The second-order valence-corrected chi connectivity index (χ2v) is 4.77. The predicted molar refractivity (Wildman–Crippen MR) is 61.2 cm³/mol. The second kappa shape index (κ2) is 4.93. The zero-order valence-corrected chi connectivity index (χ0v) is 10.1. The fourth-order valence-corrected chi connectivity index (χ4v) is 2.00. The van der Waals surface area contributed by atoms with Gasteiger partial charge in [-0.2, -0.15) is 5.10 Å². The minimum absolute atomic E-state index is 0.256. The van der Waals surface area contributed by atoms with Gasteiger partial charge in [-0.25, -0.2) is 9.67 Å². The van der Waals surface area contributed by atoms with Crippen LogP contribution in [-0.2, 0) is 19.4 Å². The molecule has 1 atom stereocenters. The summed E-state index contributed by atoms with van der Waals surface area (Å²) in [6.45, 7) is 2.06. The lowest BCUT2D eigenvalue weighted by Gasteiger charge is -2.19. The van der Waals surface area contributed by atoms with Gasteiger partial charge in [-0.1, -0.05) is 0 Å². The molecule has 0 saturated heterocycles. The Kier molecular flexibility index (Phi) is 3.56. The molecule has 0 amide bonds. The predicted octanol–water partition coefficient (Wildman–Crippen LogP) is -0.0631. The monoisotopic (exact) mass is 224 g/mol. The molecule has 5 nitrogen and oxygen atoms in total. The van der Waals surface area contributed by atoms with Gasteiger partial charge in [-0.15, -0.1) is 0 Å². The van der Waals surface area contributed by atoms with Crippen LogP contribution < -0.4 is 0 Å². The molecular formula is C11H20N4O. The molecule has 0 aliphatic carbocycles. The normalized spacial score (nSPS) is 20.1. The average Bonchev–Trinajstić information content (AvgIpc) is 2.67. The van der Waals surface area contributed by atoms with Crippen LogP contribution in [0.3, 0.4) is 0 Å². The van der Waals surface area contributed by atoms with Crippen molar-refractivity contribution in [3.8, 4) is 0 Å². The average molecular weight is 224 g/mol. The molecule has 1 N–H and O–H groups in total. The molecule has 0 radical (unpaired) electrons. The van der Waals surface area contributed by atoms with Crippen molar-refractivity contribution in [2.45, 2.75) is 25.8 Å². The van der Waals surface area contributed by atoms with Gasteiger partial charge in [-0.3, -0.25) is 0 Å². The Balaban J connectivity index is 2.01. The number of fused-ring (bicyclic) bond motifs is 1. The number of likely N-dealkylation sites (N-methyl/N-ethyl adjacent to an activating group) is 1. The highest BCUT2D eigenvalue weighted by molar-refractivity contribution is 4.97. The third-order valence-corrected chi connectivity index (χ3v) is 3.04. The van der Waals surface area contributed by atoms with Crippen molar-refractivity contribution in [1.29, 1.82) is 0 Å². The topological polar surface area (TPSA) is 54.2 Å². The van der Waals surface area contributed by atoms with E-state index in [-0.39, 0.29) is 6.61 Å². The first-order valence-electron chi connectivity index (χ1n) is 5.87. The number of aryl methyl sites for hydroxylation is 1. The Bertz CT molecular complexity index is 348. The van der Waals surface area contributed by atoms with Crippen molar-refractivity contribution >= 4 is 0 Å². The molecule has 0 spiro atoms. The molecular weight excluding hydrogens is 204 g/mol. The summed E-state index contributed by atoms with van der Waals surface area (Å²) < 4.78 is 1.97. The molecule has 90 valence electrons. The van der Waals surface area contributed by atoms with Crippen LogP contribution in [0.2, 0.25) is 0 Å². The fourth-order valence-electron chi connectivity index (χ4n) is 2.00. The molecule has 1 aliphatic rings. The molecule has 1 aliphatic heterocycles. The maximum atomic E-state index is 9.13. The number of aliphatic hydroxyl groups excluding tert-OH is 1. The Morgan fingerprint density at radius 3 is 3.00 bits per heavy atom. The van der Waals surface area contributed by atoms with Gasteiger partial charge in [0.2, 0.25) is 0 Å². The van der Waals surface area contributed by atoms with Gasteiger partial charge in [-0.05, 0) is 20.5 Å². The number of rotatable bonds is 4. The number of hydrogen-bond donors (Lipinski definition) is 1. The van der Waals surface area contributed by atoms with E-state index in [1.807, 2.05) is 4.68 Å². The van der Waals surface area contributed by atoms with E-state index in [9.17, 15) is 0 Å². The Labute approximate surface area is 96.1 Å². The van der Waals surface area contributed by atoms with Crippen LogP contribution >= 0.6 is 0 Å². The third kappa shape index (κ3) is 2.59. The standard InChI is InChI=1S/C11H20N4O/c1-14(2)6-5-10-12-11-4-3-9(8-16)7-15(11)13-10/h9,16H,3-8H2,1-2H3. The third-order valence-electron chi connectivity index (χ3n) is 3.04. The number of aliphatic hydroxyl groups is 1. The maximum absolute atomic E-state index is 9.13. The molecule has 0 fully saturated rings. The molecule has 0 bridgehead atoms. The minimum atomic E-state index is 0.256. The largest absolute Gasteiger partial charge is 0.396 e. The summed E-state index contributed by atoms with van der Waals surface area (Å²) in [7, 11) is 4.11. The summed E-state index contributed by atoms with van der Waals surface area (Å²) in [6, 6.07) is 0. The van der Waals surface area contributed by atoms with Crippen molar-refractivity contribution in [1.82, 2.24) is 19.7 Å². The lowest BCUT2D eigenvalue weighted by molar-refractivity contribution is 0.185. The summed E-state index contributed by atoms with van der Waals surface area (Å²) in [5.74, 6) is 2.37. The molecule has 1 unspecified atom stereocenters. The highest BCUT2D eigenvalue weighted by Gasteiger charge is 2.20. The van der Waals surface area contributed by atoms with Crippen LogP contribution in [0, 0.1) is 5.92 Å². The van der Waals surface area contributed by atoms with E-state index in [1.54, 1.807) is 0 Å². The van der Waals surface area contributed by atoms with E-state index < -0.39 is 0 Å². The van der Waals surface area contributed by atoms with Crippen LogP contribution in [0.5, 0.6) is 0 Å². The first-order chi connectivity index (χ1) is 7.69. The molecule has 0 saturated carbocycles. The number of nitrogens with zero attached hydrogens (tertiary/aromatic N) is 4. The summed E-state index contributed by atoms with van der Waals surface area (Å²) in [5.41, 5.74) is 0. The summed E-state index contributed by atoms with van der Waals surface area (Å²) in [5, 5.41) is 13.6. The van der Waals surface area contributed by atoms with Crippen LogP contribution in [0.25, 0.3) is 0 Å². The van der Waals surface area contributed by atoms with Crippen molar-refractivity contribution in [3.63, 3.8) is 0 Å². The quantitative estimate of drug-likeness (QED) is 0.778. The second-order valence-electron chi connectivity index (χ2n) is 4.77. The zero-order chi connectivity index (χ0) is 11.5. The molecule has 5 heteroatoms. The van der Waals surface area contributed by atoms with Gasteiger partial charge in [0.25, 0.3) is 0 Å².